The molecule has 2 aromatic carbocycles. The highest BCUT2D eigenvalue weighted by Crippen LogP contribution is 2.32. The second kappa shape index (κ2) is 6.65. The van der Waals surface area contributed by atoms with Crippen LogP contribution in [0.1, 0.15) is 23.6 Å². The molecule has 0 heterocycles. The number of aromatic hydroxyl groups is 2. The molecule has 2 aromatic rings. The van der Waals surface area contributed by atoms with Crippen molar-refractivity contribution >= 4 is 27.7 Å². The molecule has 0 bridgehead atoms. The first kappa shape index (κ1) is 15.4. The molecule has 110 valence electrons. The van der Waals surface area contributed by atoms with Gasteiger partial charge < -0.3 is 10.2 Å². The Morgan fingerprint density at radius 3 is 2.38 bits per heavy atom. The van der Waals surface area contributed by atoms with Crippen LogP contribution < -0.4 is 5.48 Å². The summed E-state index contributed by atoms with van der Waals surface area (Å²) in [7, 11) is 0. The summed E-state index contributed by atoms with van der Waals surface area (Å²) >= 11 is 3.36. The van der Waals surface area contributed by atoms with Gasteiger partial charge in [0, 0.05) is 16.1 Å². The lowest BCUT2D eigenvalue weighted by Gasteiger charge is -2.12. The second-order valence-corrected chi connectivity index (χ2v) is 5.49. The minimum absolute atomic E-state index is 0.0414. The standard InChI is InChI=1S/C16H16BrNO3/c1-2-11-8-13(16(20)9-15(11)19)14(18-21)7-10-3-5-12(17)6-4-10/h3-9,18-21H,2H2,1H3/b14-7-. The summed E-state index contributed by atoms with van der Waals surface area (Å²) in [5.41, 5.74) is 4.43. The highest BCUT2D eigenvalue weighted by atomic mass is 79.9. The van der Waals surface area contributed by atoms with Crippen molar-refractivity contribution in [2.24, 2.45) is 0 Å². The van der Waals surface area contributed by atoms with Crippen LogP contribution >= 0.6 is 15.9 Å². The number of phenolic OH excluding ortho intramolecular Hbond substituents is 2. The summed E-state index contributed by atoms with van der Waals surface area (Å²) in [6, 6.07) is 10.4. The van der Waals surface area contributed by atoms with Gasteiger partial charge in [-0.05, 0) is 41.8 Å². The highest BCUT2D eigenvalue weighted by molar-refractivity contribution is 9.10. The maximum atomic E-state index is 9.98. The summed E-state index contributed by atoms with van der Waals surface area (Å²) < 4.78 is 0.957. The zero-order chi connectivity index (χ0) is 15.4. The van der Waals surface area contributed by atoms with E-state index in [1.165, 1.54) is 6.07 Å². The number of benzene rings is 2. The molecule has 4 nitrogen and oxygen atoms in total. The fourth-order valence-corrected chi connectivity index (χ4v) is 2.28. The first-order valence-corrected chi connectivity index (χ1v) is 7.27. The molecular formula is C16H16BrNO3. The predicted molar refractivity (Wildman–Crippen MR) is 86.1 cm³/mol. The largest absolute Gasteiger partial charge is 0.508 e. The fraction of sp³-hybridized carbons (Fsp3) is 0.125. The van der Waals surface area contributed by atoms with Crippen molar-refractivity contribution < 1.29 is 15.4 Å². The molecule has 0 amide bonds. The van der Waals surface area contributed by atoms with E-state index in [4.69, 9.17) is 0 Å². The van der Waals surface area contributed by atoms with Gasteiger partial charge in [0.15, 0.2) is 0 Å². The summed E-state index contributed by atoms with van der Waals surface area (Å²) in [5, 5.41) is 29.1. The molecule has 0 radical (unpaired) electrons. The zero-order valence-corrected chi connectivity index (χ0v) is 13.1. The van der Waals surface area contributed by atoms with Gasteiger partial charge in [-0.25, -0.2) is 0 Å². The Balaban J connectivity index is 2.48. The Morgan fingerprint density at radius 2 is 1.81 bits per heavy atom. The van der Waals surface area contributed by atoms with Gasteiger partial charge in [0.25, 0.3) is 0 Å². The third-order valence-corrected chi connectivity index (χ3v) is 3.70. The van der Waals surface area contributed by atoms with E-state index in [0.29, 0.717) is 23.2 Å². The van der Waals surface area contributed by atoms with Crippen molar-refractivity contribution in [1.29, 1.82) is 0 Å². The van der Waals surface area contributed by atoms with Gasteiger partial charge >= 0.3 is 0 Å². The summed E-state index contributed by atoms with van der Waals surface area (Å²) in [6.07, 6.45) is 2.33. The zero-order valence-electron chi connectivity index (χ0n) is 11.5. The number of aryl methyl sites for hydroxylation is 1. The molecule has 0 atom stereocenters. The minimum Gasteiger partial charge on any atom is -0.508 e. The van der Waals surface area contributed by atoms with Gasteiger partial charge in [-0.3, -0.25) is 10.7 Å². The quantitative estimate of drug-likeness (QED) is 0.499. The summed E-state index contributed by atoms with van der Waals surface area (Å²) in [6.45, 7) is 1.90. The van der Waals surface area contributed by atoms with Crippen LogP contribution in [0, 0.1) is 0 Å². The van der Waals surface area contributed by atoms with E-state index >= 15 is 0 Å². The van der Waals surface area contributed by atoms with Gasteiger partial charge in [-0.15, -0.1) is 0 Å². The van der Waals surface area contributed by atoms with Crippen molar-refractivity contribution in [2.75, 3.05) is 0 Å². The first-order valence-electron chi connectivity index (χ1n) is 6.47. The molecule has 0 aliphatic rings. The lowest BCUT2D eigenvalue weighted by atomic mass is 10.0. The summed E-state index contributed by atoms with van der Waals surface area (Å²) in [4.78, 5) is 0. The number of phenols is 2. The van der Waals surface area contributed by atoms with Crippen LogP contribution in [0.25, 0.3) is 11.8 Å². The summed E-state index contributed by atoms with van der Waals surface area (Å²) in [5.74, 6) is -0.0608. The Hall–Kier alpha value is -1.98. The lowest BCUT2D eigenvalue weighted by molar-refractivity contribution is 0.225. The molecule has 0 fully saturated rings. The Labute approximate surface area is 131 Å². The first-order chi connectivity index (χ1) is 10.0. The van der Waals surface area contributed by atoms with E-state index < -0.39 is 0 Å². The maximum Gasteiger partial charge on any atom is 0.128 e. The number of hydroxylamine groups is 1. The Morgan fingerprint density at radius 1 is 1.14 bits per heavy atom. The normalized spacial score (nSPS) is 11.5. The smallest absolute Gasteiger partial charge is 0.128 e. The van der Waals surface area contributed by atoms with E-state index in [9.17, 15) is 15.4 Å². The Kier molecular flexibility index (Phi) is 4.88. The number of hydrogen-bond donors (Lipinski definition) is 4. The fourth-order valence-electron chi connectivity index (χ4n) is 2.02. The molecule has 0 saturated carbocycles. The molecule has 0 aliphatic heterocycles. The van der Waals surface area contributed by atoms with Crippen molar-refractivity contribution in [3.8, 4) is 11.5 Å². The van der Waals surface area contributed by atoms with Crippen LogP contribution in [-0.4, -0.2) is 15.4 Å². The van der Waals surface area contributed by atoms with Gasteiger partial charge in [-0.1, -0.05) is 35.0 Å². The number of halogens is 1. The number of nitrogens with one attached hydrogen (secondary N) is 1. The van der Waals surface area contributed by atoms with Crippen LogP contribution in [0.15, 0.2) is 40.9 Å². The van der Waals surface area contributed by atoms with E-state index in [0.717, 1.165) is 10.0 Å². The van der Waals surface area contributed by atoms with Gasteiger partial charge in [0.05, 0.1) is 5.70 Å². The van der Waals surface area contributed by atoms with E-state index in [1.807, 2.05) is 31.2 Å². The van der Waals surface area contributed by atoms with Crippen LogP contribution in [0.4, 0.5) is 0 Å². The third-order valence-electron chi connectivity index (χ3n) is 3.17. The van der Waals surface area contributed by atoms with Crippen LogP contribution in [0.5, 0.6) is 11.5 Å². The minimum atomic E-state index is -0.102. The third kappa shape index (κ3) is 3.56. The van der Waals surface area contributed by atoms with E-state index in [-0.39, 0.29) is 11.5 Å². The number of hydrogen-bond acceptors (Lipinski definition) is 4. The molecule has 0 unspecified atom stereocenters. The molecule has 0 aliphatic carbocycles. The van der Waals surface area contributed by atoms with Crippen molar-refractivity contribution in [3.05, 3.63) is 57.6 Å². The molecule has 0 aromatic heterocycles. The van der Waals surface area contributed by atoms with Crippen molar-refractivity contribution in [2.45, 2.75) is 13.3 Å². The van der Waals surface area contributed by atoms with Gasteiger partial charge in [0.1, 0.15) is 11.5 Å². The highest BCUT2D eigenvalue weighted by Gasteiger charge is 2.11. The topological polar surface area (TPSA) is 72.7 Å². The molecular weight excluding hydrogens is 334 g/mol. The van der Waals surface area contributed by atoms with E-state index in [1.54, 1.807) is 12.1 Å². The second-order valence-electron chi connectivity index (χ2n) is 4.57. The van der Waals surface area contributed by atoms with E-state index in [2.05, 4.69) is 21.4 Å². The molecule has 21 heavy (non-hydrogen) atoms. The Bertz CT molecular complexity index is 666. The van der Waals surface area contributed by atoms with Crippen LogP contribution in [-0.2, 0) is 6.42 Å². The monoisotopic (exact) mass is 349 g/mol. The maximum absolute atomic E-state index is 9.98. The molecule has 2 rings (SSSR count). The molecule has 0 spiro atoms. The average Bonchev–Trinajstić information content (AvgIpc) is 2.47. The van der Waals surface area contributed by atoms with Gasteiger partial charge in [-0.2, -0.15) is 0 Å². The van der Waals surface area contributed by atoms with Crippen LogP contribution in [0.2, 0.25) is 0 Å². The predicted octanol–water partition coefficient (Wildman–Crippen LogP) is 3.90. The SMILES string of the molecule is CCc1cc(/C(=C/c2ccc(Br)cc2)NO)c(O)cc1O. The number of rotatable bonds is 4. The molecule has 5 heteroatoms. The lowest BCUT2D eigenvalue weighted by Crippen LogP contribution is -2.06. The average molecular weight is 350 g/mol. The van der Waals surface area contributed by atoms with Crippen LogP contribution in [0.3, 0.4) is 0 Å². The molecule has 0 saturated heterocycles. The molecule has 4 N–H and O–H groups in total. The van der Waals surface area contributed by atoms with Crippen molar-refractivity contribution in [1.82, 2.24) is 5.48 Å². The van der Waals surface area contributed by atoms with Gasteiger partial charge in [0.2, 0.25) is 0 Å². The van der Waals surface area contributed by atoms with Crippen molar-refractivity contribution in [3.63, 3.8) is 0 Å².